The van der Waals surface area contributed by atoms with Crippen LogP contribution in [0.3, 0.4) is 0 Å². The first-order chi connectivity index (χ1) is 7.52. The molecule has 0 bridgehead atoms. The Balaban J connectivity index is 2.31. The van der Waals surface area contributed by atoms with Crippen molar-refractivity contribution in [1.29, 1.82) is 0 Å². The highest BCUT2D eigenvalue weighted by molar-refractivity contribution is 5.47. The molecule has 1 fully saturated rings. The van der Waals surface area contributed by atoms with Crippen LogP contribution in [0.2, 0.25) is 0 Å². The molecule has 3 heteroatoms. The Kier molecular flexibility index (Phi) is 2.58. The van der Waals surface area contributed by atoms with Gasteiger partial charge in [0, 0.05) is 12.0 Å². The molecule has 16 heavy (non-hydrogen) atoms. The largest absolute Gasteiger partial charge is 0.493 e. The molecule has 0 heterocycles. The number of hydrogen-bond donors (Lipinski definition) is 1. The van der Waals surface area contributed by atoms with Gasteiger partial charge in [0.15, 0.2) is 11.5 Å². The molecular formula is C13H19NO2. The zero-order valence-electron chi connectivity index (χ0n) is 10.3. The maximum atomic E-state index is 6.07. The molecule has 1 aliphatic carbocycles. The fraction of sp³-hybridized carbons (Fsp3) is 0.538. The van der Waals surface area contributed by atoms with Crippen LogP contribution in [0.4, 0.5) is 0 Å². The zero-order valence-corrected chi connectivity index (χ0v) is 10.3. The minimum Gasteiger partial charge on any atom is -0.493 e. The lowest BCUT2D eigenvalue weighted by molar-refractivity contribution is 0.354. The van der Waals surface area contributed by atoms with Gasteiger partial charge in [0.2, 0.25) is 0 Å². The number of nitrogens with two attached hydrogens (primary N) is 1. The fourth-order valence-corrected chi connectivity index (χ4v) is 2.36. The van der Waals surface area contributed by atoms with Crippen molar-refractivity contribution in [3.8, 4) is 11.5 Å². The quantitative estimate of drug-likeness (QED) is 0.850. The van der Waals surface area contributed by atoms with Crippen molar-refractivity contribution in [1.82, 2.24) is 0 Å². The Morgan fingerprint density at radius 1 is 1.12 bits per heavy atom. The van der Waals surface area contributed by atoms with Crippen LogP contribution in [0.1, 0.15) is 25.3 Å². The first-order valence-corrected chi connectivity index (χ1v) is 5.50. The monoisotopic (exact) mass is 221 g/mol. The van der Waals surface area contributed by atoms with Gasteiger partial charge in [-0.15, -0.1) is 0 Å². The normalized spacial score (nSPS) is 26.3. The topological polar surface area (TPSA) is 44.5 Å². The van der Waals surface area contributed by atoms with E-state index >= 15 is 0 Å². The summed E-state index contributed by atoms with van der Waals surface area (Å²) in [7, 11) is 3.30. The molecule has 2 atom stereocenters. The third-order valence-electron chi connectivity index (χ3n) is 3.68. The minimum absolute atomic E-state index is 0.194. The second-order valence-corrected chi connectivity index (χ2v) is 4.94. The van der Waals surface area contributed by atoms with E-state index in [2.05, 4.69) is 19.9 Å². The van der Waals surface area contributed by atoms with E-state index in [0.29, 0.717) is 5.92 Å². The Morgan fingerprint density at radius 2 is 1.69 bits per heavy atom. The summed E-state index contributed by atoms with van der Waals surface area (Å²) in [6.45, 7) is 4.39. The molecule has 0 aliphatic heterocycles. The SMILES string of the molecule is COc1ccc(C2C(N)C2(C)C)cc1OC. The van der Waals surface area contributed by atoms with Crippen molar-refractivity contribution < 1.29 is 9.47 Å². The molecule has 1 aromatic rings. The van der Waals surface area contributed by atoms with Crippen LogP contribution < -0.4 is 15.2 Å². The summed E-state index contributed by atoms with van der Waals surface area (Å²) in [6.07, 6.45) is 0. The Bertz CT molecular complexity index is 401. The van der Waals surface area contributed by atoms with Gasteiger partial charge >= 0.3 is 0 Å². The maximum Gasteiger partial charge on any atom is 0.160 e. The van der Waals surface area contributed by atoms with E-state index in [-0.39, 0.29) is 11.5 Å². The first kappa shape index (κ1) is 11.3. The van der Waals surface area contributed by atoms with Gasteiger partial charge in [-0.05, 0) is 23.1 Å². The average Bonchev–Trinajstić information content (AvgIpc) is 2.77. The molecule has 2 unspecified atom stereocenters. The molecule has 0 spiro atoms. The van der Waals surface area contributed by atoms with Gasteiger partial charge in [-0.2, -0.15) is 0 Å². The number of rotatable bonds is 3. The highest BCUT2D eigenvalue weighted by Crippen LogP contribution is 2.57. The third kappa shape index (κ3) is 1.55. The lowest BCUT2D eigenvalue weighted by atomic mass is 10.0. The van der Waals surface area contributed by atoms with Gasteiger partial charge in [0.05, 0.1) is 14.2 Å². The van der Waals surface area contributed by atoms with E-state index in [1.807, 2.05) is 12.1 Å². The number of ether oxygens (including phenoxy) is 2. The van der Waals surface area contributed by atoms with Gasteiger partial charge in [-0.1, -0.05) is 19.9 Å². The van der Waals surface area contributed by atoms with E-state index in [9.17, 15) is 0 Å². The van der Waals surface area contributed by atoms with Gasteiger partial charge in [0.25, 0.3) is 0 Å². The molecule has 1 saturated carbocycles. The lowest BCUT2D eigenvalue weighted by Gasteiger charge is -2.10. The highest BCUT2D eigenvalue weighted by Gasteiger charge is 2.56. The smallest absolute Gasteiger partial charge is 0.160 e. The van der Waals surface area contributed by atoms with E-state index in [1.54, 1.807) is 14.2 Å². The van der Waals surface area contributed by atoms with Crippen molar-refractivity contribution in [3.05, 3.63) is 23.8 Å². The molecule has 0 aromatic heterocycles. The summed E-state index contributed by atoms with van der Waals surface area (Å²) in [4.78, 5) is 0. The van der Waals surface area contributed by atoms with Gasteiger partial charge in [0.1, 0.15) is 0 Å². The van der Waals surface area contributed by atoms with Crippen molar-refractivity contribution >= 4 is 0 Å². The molecule has 0 amide bonds. The number of hydrogen-bond acceptors (Lipinski definition) is 3. The molecular weight excluding hydrogens is 202 g/mol. The van der Waals surface area contributed by atoms with E-state index in [4.69, 9.17) is 15.2 Å². The van der Waals surface area contributed by atoms with Crippen LogP contribution in [0.5, 0.6) is 11.5 Å². The fourth-order valence-electron chi connectivity index (χ4n) is 2.36. The standard InChI is InChI=1S/C13H19NO2/c1-13(2)11(12(13)14)8-5-6-9(15-3)10(7-8)16-4/h5-7,11-12H,14H2,1-4H3. The van der Waals surface area contributed by atoms with Gasteiger partial charge in [-0.25, -0.2) is 0 Å². The maximum absolute atomic E-state index is 6.07. The Labute approximate surface area is 96.5 Å². The van der Waals surface area contributed by atoms with Crippen molar-refractivity contribution in [2.24, 2.45) is 11.1 Å². The van der Waals surface area contributed by atoms with Crippen LogP contribution in [0.15, 0.2) is 18.2 Å². The molecule has 0 radical (unpaired) electrons. The summed E-state index contributed by atoms with van der Waals surface area (Å²) >= 11 is 0. The molecule has 88 valence electrons. The average molecular weight is 221 g/mol. The predicted molar refractivity (Wildman–Crippen MR) is 64.0 cm³/mol. The van der Waals surface area contributed by atoms with Crippen LogP contribution >= 0.6 is 0 Å². The molecule has 1 aromatic carbocycles. The molecule has 3 nitrogen and oxygen atoms in total. The Hall–Kier alpha value is -1.22. The van der Waals surface area contributed by atoms with Gasteiger partial charge in [-0.3, -0.25) is 0 Å². The van der Waals surface area contributed by atoms with E-state index in [0.717, 1.165) is 11.5 Å². The zero-order chi connectivity index (χ0) is 11.9. The van der Waals surface area contributed by atoms with Crippen LogP contribution in [0.25, 0.3) is 0 Å². The van der Waals surface area contributed by atoms with E-state index < -0.39 is 0 Å². The predicted octanol–water partition coefficient (Wildman–Crippen LogP) is 2.15. The highest BCUT2D eigenvalue weighted by atomic mass is 16.5. The van der Waals surface area contributed by atoms with Crippen molar-refractivity contribution in [2.75, 3.05) is 14.2 Å². The number of methoxy groups -OCH3 is 2. The second-order valence-electron chi connectivity index (χ2n) is 4.94. The third-order valence-corrected chi connectivity index (χ3v) is 3.68. The van der Waals surface area contributed by atoms with Crippen LogP contribution in [0, 0.1) is 5.41 Å². The number of benzene rings is 1. The Morgan fingerprint density at radius 3 is 2.12 bits per heavy atom. The summed E-state index contributed by atoms with van der Waals surface area (Å²) in [5.74, 6) is 1.96. The summed E-state index contributed by atoms with van der Waals surface area (Å²) < 4.78 is 10.5. The molecule has 2 rings (SSSR count). The summed E-state index contributed by atoms with van der Waals surface area (Å²) in [6, 6.07) is 6.28. The van der Waals surface area contributed by atoms with Crippen molar-refractivity contribution in [2.45, 2.75) is 25.8 Å². The van der Waals surface area contributed by atoms with Crippen LogP contribution in [-0.2, 0) is 0 Å². The van der Waals surface area contributed by atoms with Crippen LogP contribution in [-0.4, -0.2) is 20.3 Å². The first-order valence-electron chi connectivity index (χ1n) is 5.50. The van der Waals surface area contributed by atoms with Gasteiger partial charge < -0.3 is 15.2 Å². The lowest BCUT2D eigenvalue weighted by Crippen LogP contribution is -2.06. The summed E-state index contributed by atoms with van der Waals surface area (Å²) in [5.41, 5.74) is 7.49. The minimum atomic E-state index is 0.194. The second kappa shape index (κ2) is 3.67. The van der Waals surface area contributed by atoms with E-state index in [1.165, 1.54) is 5.56 Å². The molecule has 0 saturated heterocycles. The molecule has 1 aliphatic rings. The molecule has 2 N–H and O–H groups in total. The van der Waals surface area contributed by atoms with Crippen molar-refractivity contribution in [3.63, 3.8) is 0 Å². The summed E-state index contributed by atoms with van der Waals surface area (Å²) in [5, 5.41) is 0.